The third kappa shape index (κ3) is 3.98. The van der Waals surface area contributed by atoms with Crippen LogP contribution in [0.5, 0.6) is 0 Å². The van der Waals surface area contributed by atoms with E-state index in [1.807, 2.05) is 0 Å². The van der Waals surface area contributed by atoms with Gasteiger partial charge < -0.3 is 16.0 Å². The fraction of sp³-hybridized carbons (Fsp3) is 0.500. The molecule has 114 valence electrons. The first-order valence-electron chi connectivity index (χ1n) is 7.00. The summed E-state index contributed by atoms with van der Waals surface area (Å²) in [6.45, 7) is 1.76. The van der Waals surface area contributed by atoms with Crippen LogP contribution in [0.3, 0.4) is 0 Å². The lowest BCUT2D eigenvalue weighted by molar-refractivity contribution is -0.126. The molecule has 6 nitrogen and oxygen atoms in total. The first kappa shape index (κ1) is 15.4. The average molecular weight is 294 g/mol. The molecule has 0 bridgehead atoms. The number of pyridine rings is 1. The molecule has 21 heavy (non-hydrogen) atoms. The van der Waals surface area contributed by atoms with Crippen LogP contribution in [0, 0.1) is 11.7 Å². The van der Waals surface area contributed by atoms with Crippen molar-refractivity contribution in [3.8, 4) is 0 Å². The molecule has 1 fully saturated rings. The molecule has 0 aliphatic carbocycles. The van der Waals surface area contributed by atoms with E-state index >= 15 is 0 Å². The van der Waals surface area contributed by atoms with Gasteiger partial charge in [-0.05, 0) is 25.0 Å². The number of rotatable bonds is 4. The molecule has 7 heteroatoms. The van der Waals surface area contributed by atoms with E-state index in [1.54, 1.807) is 4.90 Å². The van der Waals surface area contributed by atoms with Crippen LogP contribution in [0.2, 0.25) is 0 Å². The van der Waals surface area contributed by atoms with Crippen molar-refractivity contribution in [3.05, 3.63) is 29.8 Å². The van der Waals surface area contributed by atoms with Crippen molar-refractivity contribution in [1.29, 1.82) is 0 Å². The Morgan fingerprint density at radius 2 is 2.29 bits per heavy atom. The minimum absolute atomic E-state index is 0.0787. The smallest absolute Gasteiger partial charge is 0.272 e. The number of nitrogens with two attached hydrogens (primary N) is 1. The third-order valence-electron chi connectivity index (χ3n) is 3.47. The summed E-state index contributed by atoms with van der Waals surface area (Å²) in [7, 11) is 0. The highest BCUT2D eigenvalue weighted by atomic mass is 19.1. The van der Waals surface area contributed by atoms with Gasteiger partial charge in [0.25, 0.3) is 5.91 Å². The normalized spacial score (nSPS) is 18.4. The number of likely N-dealkylation sites (tertiary alicyclic amines) is 1. The molecule has 2 rings (SSSR count). The summed E-state index contributed by atoms with van der Waals surface area (Å²) in [5, 5.41) is 2.74. The Morgan fingerprint density at radius 1 is 1.48 bits per heavy atom. The van der Waals surface area contributed by atoms with Gasteiger partial charge in [-0.2, -0.15) is 0 Å². The highest BCUT2D eigenvalue weighted by Crippen LogP contribution is 2.18. The van der Waals surface area contributed by atoms with Crippen molar-refractivity contribution in [1.82, 2.24) is 15.2 Å². The van der Waals surface area contributed by atoms with E-state index in [2.05, 4.69) is 10.3 Å². The highest BCUT2D eigenvalue weighted by molar-refractivity contribution is 5.92. The molecule has 1 aromatic heterocycles. The van der Waals surface area contributed by atoms with Gasteiger partial charge in [-0.1, -0.05) is 0 Å². The van der Waals surface area contributed by atoms with Crippen LogP contribution in [0.15, 0.2) is 18.3 Å². The molecule has 1 aliphatic heterocycles. The summed E-state index contributed by atoms with van der Waals surface area (Å²) < 4.78 is 12.8. The molecule has 2 heterocycles. The molecular formula is C14H19FN4O2. The number of nitrogens with one attached hydrogen (secondary N) is 1. The van der Waals surface area contributed by atoms with Gasteiger partial charge >= 0.3 is 0 Å². The van der Waals surface area contributed by atoms with Crippen molar-refractivity contribution in [2.45, 2.75) is 12.8 Å². The number of nitrogens with zero attached hydrogens (tertiary/aromatic N) is 2. The zero-order valence-corrected chi connectivity index (χ0v) is 11.7. The van der Waals surface area contributed by atoms with Crippen molar-refractivity contribution >= 4 is 11.8 Å². The van der Waals surface area contributed by atoms with Gasteiger partial charge in [0.05, 0.1) is 12.1 Å². The zero-order valence-electron chi connectivity index (χ0n) is 11.7. The van der Waals surface area contributed by atoms with Gasteiger partial charge in [0, 0.05) is 26.2 Å². The second-order valence-electron chi connectivity index (χ2n) is 5.03. The topological polar surface area (TPSA) is 88.3 Å². The second-order valence-corrected chi connectivity index (χ2v) is 5.03. The first-order valence-corrected chi connectivity index (χ1v) is 7.00. The van der Waals surface area contributed by atoms with Gasteiger partial charge in [-0.15, -0.1) is 0 Å². The Bertz CT molecular complexity index is 506. The maximum atomic E-state index is 12.8. The van der Waals surface area contributed by atoms with Crippen molar-refractivity contribution in [3.63, 3.8) is 0 Å². The molecule has 1 atom stereocenters. The SMILES string of the molecule is NCCNC(=O)C1CCCN(C(=O)c2ccc(F)cn2)C1. The van der Waals surface area contributed by atoms with Gasteiger partial charge in [0.2, 0.25) is 5.91 Å². The van der Waals surface area contributed by atoms with E-state index < -0.39 is 5.82 Å². The molecule has 2 amide bonds. The Hall–Kier alpha value is -2.02. The standard InChI is InChI=1S/C14H19FN4O2/c15-11-3-4-12(18-8-11)14(21)19-7-1-2-10(9-19)13(20)17-6-5-16/h3-4,8,10H,1-2,5-7,9,16H2,(H,17,20). The van der Waals surface area contributed by atoms with E-state index in [9.17, 15) is 14.0 Å². The first-order chi connectivity index (χ1) is 10.1. The van der Waals surface area contributed by atoms with Gasteiger partial charge in [0.15, 0.2) is 0 Å². The van der Waals surface area contributed by atoms with E-state index in [4.69, 9.17) is 5.73 Å². The van der Waals surface area contributed by atoms with Crippen LogP contribution < -0.4 is 11.1 Å². The van der Waals surface area contributed by atoms with Crippen LogP contribution in [0.4, 0.5) is 4.39 Å². The van der Waals surface area contributed by atoms with Crippen LogP contribution in [-0.4, -0.2) is 47.9 Å². The van der Waals surface area contributed by atoms with Crippen LogP contribution in [0.25, 0.3) is 0 Å². The minimum Gasteiger partial charge on any atom is -0.355 e. The Kier molecular flexibility index (Phi) is 5.21. The summed E-state index contributed by atoms with van der Waals surface area (Å²) >= 11 is 0. The maximum absolute atomic E-state index is 12.8. The minimum atomic E-state index is -0.482. The van der Waals surface area contributed by atoms with Crippen molar-refractivity contribution < 1.29 is 14.0 Å². The number of aromatic nitrogens is 1. The molecule has 0 spiro atoms. The van der Waals surface area contributed by atoms with Gasteiger partial charge in [-0.25, -0.2) is 9.37 Å². The summed E-state index contributed by atoms with van der Waals surface area (Å²) in [6.07, 6.45) is 2.52. The van der Waals surface area contributed by atoms with E-state index in [-0.39, 0.29) is 23.4 Å². The molecule has 1 unspecified atom stereocenters. The Balaban J connectivity index is 1.98. The summed E-state index contributed by atoms with van der Waals surface area (Å²) in [4.78, 5) is 29.6. The molecule has 0 aromatic carbocycles. The number of amides is 2. The highest BCUT2D eigenvalue weighted by Gasteiger charge is 2.29. The molecular weight excluding hydrogens is 275 g/mol. The lowest BCUT2D eigenvalue weighted by Crippen LogP contribution is -2.46. The van der Waals surface area contributed by atoms with Crippen LogP contribution in [-0.2, 0) is 4.79 Å². The van der Waals surface area contributed by atoms with Crippen LogP contribution in [0.1, 0.15) is 23.3 Å². The largest absolute Gasteiger partial charge is 0.355 e. The number of carbonyl (C=O) groups is 2. The van der Waals surface area contributed by atoms with E-state index in [1.165, 1.54) is 12.1 Å². The number of halogens is 1. The number of piperidine rings is 1. The summed E-state index contributed by atoms with van der Waals surface area (Å²) in [5.41, 5.74) is 5.55. The zero-order chi connectivity index (χ0) is 15.2. The number of hydrogen-bond donors (Lipinski definition) is 2. The quantitative estimate of drug-likeness (QED) is 0.827. The maximum Gasteiger partial charge on any atom is 0.272 e. The molecule has 1 aliphatic rings. The van der Waals surface area contributed by atoms with E-state index in [0.29, 0.717) is 26.2 Å². The van der Waals surface area contributed by atoms with Crippen molar-refractivity contribution in [2.24, 2.45) is 11.7 Å². The number of hydrogen-bond acceptors (Lipinski definition) is 4. The lowest BCUT2D eigenvalue weighted by Gasteiger charge is -2.31. The fourth-order valence-electron chi connectivity index (χ4n) is 2.38. The fourth-order valence-corrected chi connectivity index (χ4v) is 2.38. The third-order valence-corrected chi connectivity index (χ3v) is 3.47. The molecule has 0 saturated carbocycles. The summed E-state index contributed by atoms with van der Waals surface area (Å²) in [5.74, 6) is -1.06. The monoisotopic (exact) mass is 294 g/mol. The Morgan fingerprint density at radius 3 is 2.95 bits per heavy atom. The van der Waals surface area contributed by atoms with Crippen molar-refractivity contribution in [2.75, 3.05) is 26.2 Å². The lowest BCUT2D eigenvalue weighted by atomic mass is 9.97. The second kappa shape index (κ2) is 7.12. The molecule has 0 radical (unpaired) electrons. The summed E-state index contributed by atoms with van der Waals surface area (Å²) in [6, 6.07) is 2.56. The van der Waals surface area contributed by atoms with Gasteiger partial charge in [0.1, 0.15) is 11.5 Å². The Labute approximate surface area is 122 Å². The molecule has 3 N–H and O–H groups in total. The number of carbonyl (C=O) groups excluding carboxylic acids is 2. The van der Waals surface area contributed by atoms with E-state index in [0.717, 1.165) is 19.0 Å². The van der Waals surface area contributed by atoms with Gasteiger partial charge in [-0.3, -0.25) is 9.59 Å². The van der Waals surface area contributed by atoms with Crippen LogP contribution >= 0.6 is 0 Å². The average Bonchev–Trinajstić information content (AvgIpc) is 2.52. The predicted octanol–water partition coefficient (Wildman–Crippen LogP) is 0.148. The molecule has 1 aromatic rings. The molecule has 1 saturated heterocycles. The predicted molar refractivity (Wildman–Crippen MR) is 74.9 cm³/mol.